The Morgan fingerprint density at radius 1 is 1.29 bits per heavy atom. The molecule has 0 saturated carbocycles. The molecule has 0 aliphatic heterocycles. The lowest BCUT2D eigenvalue weighted by molar-refractivity contribution is 0.267. The van der Waals surface area contributed by atoms with Gasteiger partial charge >= 0.3 is 0 Å². The van der Waals surface area contributed by atoms with Gasteiger partial charge in [-0.05, 0) is 25.0 Å². The molecule has 4 nitrogen and oxygen atoms in total. The Morgan fingerprint density at radius 2 is 2.12 bits per heavy atom. The number of hydrogen-bond acceptors (Lipinski definition) is 3. The van der Waals surface area contributed by atoms with Gasteiger partial charge in [-0.15, -0.1) is 0 Å². The van der Waals surface area contributed by atoms with Crippen molar-refractivity contribution >= 4 is 0 Å². The molecule has 0 radical (unpaired) electrons. The van der Waals surface area contributed by atoms with Gasteiger partial charge in [0.2, 0.25) is 0 Å². The molecule has 4 heteroatoms. The van der Waals surface area contributed by atoms with Crippen molar-refractivity contribution in [1.29, 1.82) is 0 Å². The van der Waals surface area contributed by atoms with Crippen LogP contribution in [0.1, 0.15) is 22.5 Å². The molecule has 1 N–H and O–H groups in total. The first-order valence-corrected chi connectivity index (χ1v) is 5.74. The lowest BCUT2D eigenvalue weighted by Crippen LogP contribution is -2.09. The van der Waals surface area contributed by atoms with E-state index in [0.717, 1.165) is 12.2 Å². The number of nitrogens with zero attached hydrogens (tertiary/aromatic N) is 3. The molecular formula is C13H17N3O. The number of aliphatic hydroxyl groups is 1. The zero-order chi connectivity index (χ0) is 12.3. The number of benzene rings is 1. The molecule has 1 heterocycles. The number of rotatable bonds is 4. The Morgan fingerprint density at radius 3 is 2.88 bits per heavy atom. The fourth-order valence-electron chi connectivity index (χ4n) is 1.87. The average molecular weight is 231 g/mol. The standard InChI is InChI=1S/C13H17N3O/c1-10-3-4-11(2)12(7-10)8-13-14-9-15-16(13)5-6-17/h3-4,7,9,17H,5-6,8H2,1-2H3. The fourth-order valence-corrected chi connectivity index (χ4v) is 1.87. The van der Waals surface area contributed by atoms with Crippen LogP contribution in [0.5, 0.6) is 0 Å². The van der Waals surface area contributed by atoms with Gasteiger partial charge in [0.25, 0.3) is 0 Å². The first-order chi connectivity index (χ1) is 8.20. The highest BCUT2D eigenvalue weighted by molar-refractivity contribution is 5.32. The first-order valence-electron chi connectivity index (χ1n) is 5.74. The van der Waals surface area contributed by atoms with Gasteiger partial charge in [-0.25, -0.2) is 9.67 Å². The van der Waals surface area contributed by atoms with E-state index in [4.69, 9.17) is 5.11 Å². The fraction of sp³-hybridized carbons (Fsp3) is 0.385. The number of aliphatic hydroxyl groups excluding tert-OH is 1. The van der Waals surface area contributed by atoms with Crippen LogP contribution in [0.3, 0.4) is 0 Å². The third kappa shape index (κ3) is 2.71. The minimum atomic E-state index is 0.0865. The molecule has 0 fully saturated rings. The summed E-state index contributed by atoms with van der Waals surface area (Å²) in [5.41, 5.74) is 3.77. The molecule has 1 aromatic carbocycles. The summed E-state index contributed by atoms with van der Waals surface area (Å²) in [7, 11) is 0. The maximum absolute atomic E-state index is 8.94. The minimum Gasteiger partial charge on any atom is -0.394 e. The Labute approximate surface area is 101 Å². The smallest absolute Gasteiger partial charge is 0.138 e. The van der Waals surface area contributed by atoms with Crippen LogP contribution < -0.4 is 0 Å². The molecule has 0 aliphatic carbocycles. The molecular weight excluding hydrogens is 214 g/mol. The summed E-state index contributed by atoms with van der Waals surface area (Å²) < 4.78 is 1.75. The van der Waals surface area contributed by atoms with Gasteiger partial charge in [0, 0.05) is 6.42 Å². The summed E-state index contributed by atoms with van der Waals surface area (Å²) in [5.74, 6) is 0.896. The van der Waals surface area contributed by atoms with E-state index in [0.29, 0.717) is 6.54 Å². The Kier molecular flexibility index (Phi) is 3.54. The molecule has 0 atom stereocenters. The van der Waals surface area contributed by atoms with E-state index in [2.05, 4.69) is 42.1 Å². The predicted molar refractivity (Wildman–Crippen MR) is 65.8 cm³/mol. The Balaban J connectivity index is 2.25. The number of aryl methyl sites for hydroxylation is 2. The molecule has 0 saturated heterocycles. The predicted octanol–water partition coefficient (Wildman–Crippen LogP) is 1.48. The monoisotopic (exact) mass is 231 g/mol. The van der Waals surface area contributed by atoms with Crippen LogP contribution in [0.2, 0.25) is 0 Å². The van der Waals surface area contributed by atoms with Crippen LogP contribution in [-0.4, -0.2) is 26.5 Å². The Bertz CT molecular complexity index is 505. The van der Waals surface area contributed by atoms with Crippen molar-refractivity contribution < 1.29 is 5.11 Å². The van der Waals surface area contributed by atoms with E-state index in [9.17, 15) is 0 Å². The van der Waals surface area contributed by atoms with Crippen molar-refractivity contribution in [2.24, 2.45) is 0 Å². The SMILES string of the molecule is Cc1ccc(C)c(Cc2ncnn2CCO)c1. The van der Waals surface area contributed by atoms with E-state index >= 15 is 0 Å². The van der Waals surface area contributed by atoms with Crippen LogP contribution in [0.15, 0.2) is 24.5 Å². The highest BCUT2D eigenvalue weighted by atomic mass is 16.3. The summed E-state index contributed by atoms with van der Waals surface area (Å²) in [6.45, 7) is 4.77. The third-order valence-corrected chi connectivity index (χ3v) is 2.86. The molecule has 90 valence electrons. The molecule has 1 aromatic heterocycles. The van der Waals surface area contributed by atoms with Crippen LogP contribution in [-0.2, 0) is 13.0 Å². The second-order valence-corrected chi connectivity index (χ2v) is 4.23. The van der Waals surface area contributed by atoms with Gasteiger partial charge in [-0.2, -0.15) is 5.10 Å². The molecule has 17 heavy (non-hydrogen) atoms. The quantitative estimate of drug-likeness (QED) is 0.867. The van der Waals surface area contributed by atoms with Crippen molar-refractivity contribution in [3.63, 3.8) is 0 Å². The third-order valence-electron chi connectivity index (χ3n) is 2.86. The second kappa shape index (κ2) is 5.10. The van der Waals surface area contributed by atoms with E-state index in [1.807, 2.05) is 0 Å². The van der Waals surface area contributed by atoms with Gasteiger partial charge in [-0.1, -0.05) is 23.8 Å². The summed E-state index contributed by atoms with van der Waals surface area (Å²) in [6.07, 6.45) is 2.30. The molecule has 0 unspecified atom stereocenters. The average Bonchev–Trinajstić information content (AvgIpc) is 2.72. The summed E-state index contributed by atoms with van der Waals surface area (Å²) in [5, 5.41) is 13.0. The normalized spacial score (nSPS) is 10.8. The summed E-state index contributed by atoms with van der Waals surface area (Å²) in [6, 6.07) is 6.40. The van der Waals surface area contributed by atoms with Crippen molar-refractivity contribution in [3.05, 3.63) is 47.0 Å². The van der Waals surface area contributed by atoms with Gasteiger partial charge in [0.05, 0.1) is 13.2 Å². The largest absolute Gasteiger partial charge is 0.394 e. The second-order valence-electron chi connectivity index (χ2n) is 4.23. The van der Waals surface area contributed by atoms with E-state index in [1.54, 1.807) is 4.68 Å². The van der Waals surface area contributed by atoms with Crippen LogP contribution in [0, 0.1) is 13.8 Å². The molecule has 2 rings (SSSR count). The van der Waals surface area contributed by atoms with Gasteiger partial charge < -0.3 is 5.11 Å². The first kappa shape index (κ1) is 11.8. The van der Waals surface area contributed by atoms with Crippen LogP contribution >= 0.6 is 0 Å². The number of aromatic nitrogens is 3. The molecule has 0 aliphatic rings. The zero-order valence-electron chi connectivity index (χ0n) is 10.2. The van der Waals surface area contributed by atoms with Gasteiger partial charge in [-0.3, -0.25) is 0 Å². The van der Waals surface area contributed by atoms with Crippen LogP contribution in [0.4, 0.5) is 0 Å². The molecule has 2 aromatic rings. The van der Waals surface area contributed by atoms with Gasteiger partial charge in [0.15, 0.2) is 0 Å². The highest BCUT2D eigenvalue weighted by Crippen LogP contribution is 2.14. The summed E-state index contributed by atoms with van der Waals surface area (Å²) >= 11 is 0. The maximum Gasteiger partial charge on any atom is 0.138 e. The lowest BCUT2D eigenvalue weighted by atomic mass is 10.0. The van der Waals surface area contributed by atoms with E-state index in [-0.39, 0.29) is 6.61 Å². The van der Waals surface area contributed by atoms with Crippen molar-refractivity contribution in [3.8, 4) is 0 Å². The lowest BCUT2D eigenvalue weighted by Gasteiger charge is -2.08. The van der Waals surface area contributed by atoms with Crippen molar-refractivity contribution in [1.82, 2.24) is 14.8 Å². The van der Waals surface area contributed by atoms with Crippen molar-refractivity contribution in [2.45, 2.75) is 26.8 Å². The topological polar surface area (TPSA) is 50.9 Å². The van der Waals surface area contributed by atoms with Crippen molar-refractivity contribution in [2.75, 3.05) is 6.61 Å². The minimum absolute atomic E-state index is 0.0865. The van der Waals surface area contributed by atoms with E-state index < -0.39 is 0 Å². The zero-order valence-corrected chi connectivity index (χ0v) is 10.2. The molecule has 0 spiro atoms. The molecule has 0 bridgehead atoms. The van der Waals surface area contributed by atoms with Crippen LogP contribution in [0.25, 0.3) is 0 Å². The highest BCUT2D eigenvalue weighted by Gasteiger charge is 2.07. The van der Waals surface area contributed by atoms with Gasteiger partial charge in [0.1, 0.15) is 12.2 Å². The Hall–Kier alpha value is -1.68. The van der Waals surface area contributed by atoms with E-state index in [1.165, 1.54) is 23.0 Å². The summed E-state index contributed by atoms with van der Waals surface area (Å²) in [4.78, 5) is 4.24. The number of hydrogen-bond donors (Lipinski definition) is 1. The molecule has 0 amide bonds. The maximum atomic E-state index is 8.94.